The smallest absolute Gasteiger partial charge is 0.306 e. The molecule has 0 amide bonds. The van der Waals surface area contributed by atoms with Crippen molar-refractivity contribution < 1.29 is 24.9 Å². The van der Waals surface area contributed by atoms with Gasteiger partial charge in [-0.1, -0.05) is 27.7 Å². The fourth-order valence-corrected chi connectivity index (χ4v) is 9.10. The average Bonchev–Trinajstić information content (AvgIpc) is 3.07. The maximum atomic E-state index is 13.0. The van der Waals surface area contributed by atoms with Gasteiger partial charge in [-0.2, -0.15) is 0 Å². The molecule has 196 valence electrons. The van der Waals surface area contributed by atoms with Crippen LogP contribution in [0, 0.1) is 46.3 Å². The number of aliphatic hydroxyl groups is 3. The van der Waals surface area contributed by atoms with Crippen LogP contribution in [0.1, 0.15) is 79.6 Å². The van der Waals surface area contributed by atoms with Gasteiger partial charge in [-0.15, -0.1) is 0 Å². The van der Waals surface area contributed by atoms with E-state index >= 15 is 0 Å². The molecule has 4 rings (SSSR count). The molecular formula is C28H49NO5. The van der Waals surface area contributed by atoms with Crippen molar-refractivity contribution in [3.05, 3.63) is 0 Å². The molecule has 6 nitrogen and oxygen atoms in total. The molecule has 1 aliphatic heterocycles. The standard InChI is InChI=1S/C28H49NO5/c1-15(17(3)29(6)7)26(33)16(2)19-8-9-20-18-12-25(32)34-24-13-22(30)23(31)14-28(24,5)21(18)10-11-27(19,20)4/h15-24,26,30-31,33H,8-14H2,1-7H3/t15-,16?,17-,18+,19-,20+,21+,22+,23-,24?,26+,27-,28-/m1/s1. The fourth-order valence-electron chi connectivity index (χ4n) is 9.10. The number of hydrogen-bond acceptors (Lipinski definition) is 6. The Hall–Kier alpha value is -0.690. The maximum Gasteiger partial charge on any atom is 0.306 e. The van der Waals surface area contributed by atoms with Crippen LogP contribution in [0.25, 0.3) is 0 Å². The van der Waals surface area contributed by atoms with Gasteiger partial charge in [0.25, 0.3) is 0 Å². The minimum absolute atomic E-state index is 0.103. The molecule has 0 aromatic carbocycles. The number of rotatable bonds is 5. The lowest BCUT2D eigenvalue weighted by Crippen LogP contribution is -2.55. The molecule has 3 aliphatic carbocycles. The van der Waals surface area contributed by atoms with Gasteiger partial charge < -0.3 is 25.0 Å². The number of hydrogen-bond donors (Lipinski definition) is 3. The van der Waals surface area contributed by atoms with E-state index < -0.39 is 12.2 Å². The molecule has 6 heteroatoms. The fraction of sp³-hybridized carbons (Fsp3) is 0.964. The van der Waals surface area contributed by atoms with Crippen LogP contribution in [-0.4, -0.2) is 70.7 Å². The largest absolute Gasteiger partial charge is 0.462 e. The SMILES string of the molecule is CC([C@@H](O)[C@H](C)[C@@H](C)N(C)C)[C@H]1CC[C@H]2[C@@H]3CC(=O)OC4C[C@H](O)[C@H](O)C[C@]4(C)[C@H]3CC[C@]12C. The van der Waals surface area contributed by atoms with Crippen LogP contribution in [0.2, 0.25) is 0 Å². The summed E-state index contributed by atoms with van der Waals surface area (Å²) < 4.78 is 5.95. The van der Waals surface area contributed by atoms with Gasteiger partial charge in [0, 0.05) is 24.3 Å². The molecule has 0 aromatic rings. The molecule has 34 heavy (non-hydrogen) atoms. The minimum atomic E-state index is -0.818. The molecule has 4 aliphatic rings. The lowest BCUT2D eigenvalue weighted by Gasteiger charge is -2.56. The van der Waals surface area contributed by atoms with Gasteiger partial charge in [-0.3, -0.25) is 4.79 Å². The van der Waals surface area contributed by atoms with Crippen LogP contribution in [0.4, 0.5) is 0 Å². The first kappa shape index (κ1) is 26.4. The Morgan fingerprint density at radius 1 is 1.00 bits per heavy atom. The molecule has 13 atom stereocenters. The Labute approximate surface area is 206 Å². The number of fused-ring (bicyclic) bond motifs is 5. The van der Waals surface area contributed by atoms with Crippen molar-refractivity contribution in [3.8, 4) is 0 Å². The van der Waals surface area contributed by atoms with Crippen molar-refractivity contribution in [1.29, 1.82) is 0 Å². The minimum Gasteiger partial charge on any atom is -0.462 e. The van der Waals surface area contributed by atoms with E-state index in [-0.39, 0.29) is 46.8 Å². The Morgan fingerprint density at radius 2 is 1.65 bits per heavy atom. The van der Waals surface area contributed by atoms with Crippen molar-refractivity contribution in [3.63, 3.8) is 0 Å². The molecule has 1 heterocycles. The molecule has 0 radical (unpaired) electrons. The third kappa shape index (κ3) is 4.14. The van der Waals surface area contributed by atoms with Gasteiger partial charge in [0.15, 0.2) is 0 Å². The van der Waals surface area contributed by atoms with Crippen molar-refractivity contribution in [2.45, 2.75) is 110 Å². The Kier molecular flexibility index (Phi) is 7.23. The summed E-state index contributed by atoms with van der Waals surface area (Å²) >= 11 is 0. The van der Waals surface area contributed by atoms with Gasteiger partial charge in [0.1, 0.15) is 6.10 Å². The van der Waals surface area contributed by atoms with Gasteiger partial charge >= 0.3 is 5.97 Å². The molecule has 4 fully saturated rings. The molecule has 2 unspecified atom stereocenters. The van der Waals surface area contributed by atoms with E-state index in [1.807, 2.05) is 0 Å². The lowest BCUT2D eigenvalue weighted by atomic mass is 9.49. The van der Waals surface area contributed by atoms with Crippen molar-refractivity contribution in [2.24, 2.45) is 46.3 Å². The second-order valence-corrected chi connectivity index (χ2v) is 13.3. The molecule has 3 N–H and O–H groups in total. The van der Waals surface area contributed by atoms with Gasteiger partial charge in [0.2, 0.25) is 0 Å². The van der Waals surface area contributed by atoms with Gasteiger partial charge in [0.05, 0.1) is 18.3 Å². The van der Waals surface area contributed by atoms with Crippen LogP contribution < -0.4 is 0 Å². The van der Waals surface area contributed by atoms with E-state index in [0.717, 1.165) is 25.7 Å². The third-order valence-electron chi connectivity index (χ3n) is 11.6. The first-order valence-corrected chi connectivity index (χ1v) is 13.7. The highest BCUT2D eigenvalue weighted by atomic mass is 16.5. The van der Waals surface area contributed by atoms with Crippen LogP contribution >= 0.6 is 0 Å². The quantitative estimate of drug-likeness (QED) is 0.523. The highest BCUT2D eigenvalue weighted by Crippen LogP contribution is 2.66. The zero-order valence-corrected chi connectivity index (χ0v) is 22.4. The van der Waals surface area contributed by atoms with Crippen molar-refractivity contribution >= 4 is 5.97 Å². The summed E-state index contributed by atoms with van der Waals surface area (Å²) in [5, 5.41) is 32.2. The summed E-state index contributed by atoms with van der Waals surface area (Å²) in [5.41, 5.74) is -0.193. The summed E-state index contributed by atoms with van der Waals surface area (Å²) in [6, 6.07) is 0.305. The van der Waals surface area contributed by atoms with E-state index in [0.29, 0.717) is 43.1 Å². The first-order chi connectivity index (χ1) is 15.8. The van der Waals surface area contributed by atoms with Crippen molar-refractivity contribution in [2.75, 3.05) is 14.1 Å². The van der Waals surface area contributed by atoms with E-state index in [9.17, 15) is 20.1 Å². The maximum absolute atomic E-state index is 13.0. The molecular weight excluding hydrogens is 430 g/mol. The van der Waals surface area contributed by atoms with Gasteiger partial charge in [-0.05, 0) is 94.0 Å². The van der Waals surface area contributed by atoms with Crippen LogP contribution in [0.5, 0.6) is 0 Å². The highest BCUT2D eigenvalue weighted by Gasteiger charge is 2.62. The van der Waals surface area contributed by atoms with Crippen LogP contribution in [0.15, 0.2) is 0 Å². The number of carbonyl (C=O) groups excluding carboxylic acids is 1. The Balaban J connectivity index is 1.58. The number of nitrogens with zero attached hydrogens (tertiary/aromatic N) is 1. The predicted octanol–water partition coefficient (Wildman–Crippen LogP) is 3.47. The highest BCUT2D eigenvalue weighted by molar-refractivity contribution is 5.70. The van der Waals surface area contributed by atoms with Crippen molar-refractivity contribution in [1.82, 2.24) is 4.90 Å². The van der Waals surface area contributed by atoms with Crippen LogP contribution in [0.3, 0.4) is 0 Å². The molecule has 3 saturated carbocycles. The zero-order chi connectivity index (χ0) is 25.2. The topological polar surface area (TPSA) is 90.2 Å². The molecule has 1 saturated heterocycles. The average molecular weight is 480 g/mol. The summed E-state index contributed by atoms with van der Waals surface area (Å²) in [6.45, 7) is 11.2. The lowest BCUT2D eigenvalue weighted by molar-refractivity contribution is -0.175. The summed E-state index contributed by atoms with van der Waals surface area (Å²) in [4.78, 5) is 15.1. The molecule has 0 bridgehead atoms. The Bertz CT molecular complexity index is 759. The summed E-state index contributed by atoms with van der Waals surface area (Å²) in [7, 11) is 4.15. The summed E-state index contributed by atoms with van der Waals surface area (Å²) in [5.74, 6) is 1.68. The monoisotopic (exact) mass is 479 g/mol. The Morgan fingerprint density at radius 3 is 2.29 bits per heavy atom. The number of esters is 1. The normalized spacial score (nSPS) is 48.1. The van der Waals surface area contributed by atoms with E-state index in [1.165, 1.54) is 0 Å². The van der Waals surface area contributed by atoms with E-state index in [4.69, 9.17) is 4.74 Å². The second-order valence-electron chi connectivity index (χ2n) is 13.3. The molecule has 0 aromatic heterocycles. The van der Waals surface area contributed by atoms with E-state index in [1.54, 1.807) is 0 Å². The first-order valence-electron chi connectivity index (χ1n) is 13.7. The number of aliphatic hydroxyl groups excluding tert-OH is 3. The summed E-state index contributed by atoms with van der Waals surface area (Å²) in [6.07, 6.45) is 3.34. The van der Waals surface area contributed by atoms with E-state index in [2.05, 4.69) is 53.6 Å². The zero-order valence-electron chi connectivity index (χ0n) is 22.4. The third-order valence-corrected chi connectivity index (χ3v) is 11.6. The molecule has 0 spiro atoms. The second kappa shape index (κ2) is 9.32. The number of carbonyl (C=O) groups is 1. The van der Waals surface area contributed by atoms with Crippen LogP contribution in [-0.2, 0) is 9.53 Å². The predicted molar refractivity (Wildman–Crippen MR) is 132 cm³/mol. The number of ether oxygens (including phenoxy) is 1. The van der Waals surface area contributed by atoms with Gasteiger partial charge in [-0.25, -0.2) is 0 Å².